The third-order valence-electron chi connectivity index (χ3n) is 20.8. The Balaban J connectivity index is 0.000000308. The van der Waals surface area contributed by atoms with Crippen LogP contribution in [-0.2, 0) is 61.4 Å². The molecular formula is C85H133ClN18O17. The van der Waals surface area contributed by atoms with Crippen molar-refractivity contribution in [1.82, 2.24) is 83.3 Å². The van der Waals surface area contributed by atoms with Crippen LogP contribution in [0.2, 0.25) is 0 Å². The number of ether oxygens (including phenoxy) is 4. The summed E-state index contributed by atoms with van der Waals surface area (Å²) in [5, 5.41) is 103. The standard InChI is InChI=1S/C42H65N9O8.C22H30N2O6.C20H33N7O3.CH4.ClH/c1-8-14-30(35(54)39(56)43-24-33(53)45-34(27-16-10-9-11-17-27)37-47-48-49-51(37)42(5,6)7)44-38(55)31-23-29-25-50(31)40(57)36(41(2,3)4)46-32(52)22-26-15-12-18-28(21-26)58-19-13-20-59-29;1-22(2,3)19-20(26)24-13-16(12-17(24)21(27)28)30-9-5-8-29-15-7-4-6-14(10-15)11-18(25)23-19;1-5-9-14(21)17(29)19(30)22-12-15(28)23-16(13-10-7-6-8-11-13)18-24-25-26-27(18)20(2,3)4;;/h9-12,15-18,21,29-31,34-36,39-40,43,48-49,54,56-57H,8,13-14,19-20,22-25H2,1-7H3,(H,44,55)(H,45,53)(H,46,52);4,6-7,10,16-17,19H,5,8-9,11-13H2,1-3H3,(H,23,25)(H,27,28);6-8,10-11,14,16-17,19,22,29-30H,5,9,12,21H2,1-4H3,(H,23,28);1H4;1H/t29-,30?,31+,34?,35?,36-,39+,40?;16-,17+,19-;14?,16?,17?,19-;;/m110../s1. The molecule has 6 heterocycles. The second-order valence-electron chi connectivity index (χ2n) is 34.9. The van der Waals surface area contributed by atoms with Crippen molar-refractivity contribution in [3.8, 4) is 11.5 Å². The number of carbonyl (C=O) groups excluding carboxylic acids is 6. The summed E-state index contributed by atoms with van der Waals surface area (Å²) in [6.07, 6.45) is -3.49. The number of carboxylic acids is 1. The zero-order chi connectivity index (χ0) is 87.1. The van der Waals surface area contributed by atoms with Gasteiger partial charge in [-0.15, -0.1) is 28.1 Å². The van der Waals surface area contributed by atoms with Crippen molar-refractivity contribution >= 4 is 59.7 Å². The molecule has 36 heteroatoms. The van der Waals surface area contributed by atoms with Gasteiger partial charge in [-0.1, -0.05) is 161 Å². The van der Waals surface area contributed by atoms with E-state index in [9.17, 15) is 64.2 Å². The first-order chi connectivity index (χ1) is 56.2. The maximum absolute atomic E-state index is 14.2. The summed E-state index contributed by atoms with van der Waals surface area (Å²) < 4.78 is 25.4. The Morgan fingerprint density at radius 2 is 1.13 bits per heavy atom. The zero-order valence-corrected chi connectivity index (χ0v) is 72.3. The number of hydrogen-bond donors (Lipinski definition) is 16. The number of hydrazine groups is 2. The van der Waals surface area contributed by atoms with Crippen molar-refractivity contribution in [2.24, 2.45) is 21.7 Å². The highest BCUT2D eigenvalue weighted by Gasteiger charge is 2.49. The average Bonchev–Trinajstić information content (AvgIpc) is 1.70. The second-order valence-corrected chi connectivity index (χ2v) is 34.9. The Bertz CT molecular complexity index is 4130. The van der Waals surface area contributed by atoms with Crippen molar-refractivity contribution in [2.75, 3.05) is 52.6 Å². The summed E-state index contributed by atoms with van der Waals surface area (Å²) in [5.41, 5.74) is 12.8. The minimum absolute atomic E-state index is 0. The number of aliphatic carboxylic acids is 1. The number of benzene rings is 4. The molecule has 8 bridgehead atoms. The third kappa shape index (κ3) is 29.6. The van der Waals surface area contributed by atoms with Crippen LogP contribution in [-0.4, -0.2) is 250 Å². The van der Waals surface area contributed by atoms with Crippen LogP contribution in [0.15, 0.2) is 114 Å². The van der Waals surface area contributed by atoms with Gasteiger partial charge in [-0.2, -0.15) is 0 Å². The highest BCUT2D eigenvalue weighted by molar-refractivity contribution is 5.94. The number of amidine groups is 1. The number of hydrazone groups is 1. The number of tetrazole rings is 1. The number of amides is 6. The first-order valence-corrected chi connectivity index (χ1v) is 41.1. The lowest BCUT2D eigenvalue weighted by atomic mass is 9.84. The molecule has 0 spiro atoms. The van der Waals surface area contributed by atoms with Crippen molar-refractivity contribution in [3.63, 3.8) is 0 Å². The molecule has 5 aliphatic heterocycles. The Hall–Kier alpha value is -9.08. The van der Waals surface area contributed by atoms with E-state index in [1.165, 1.54) is 4.90 Å². The first kappa shape index (κ1) is 101. The number of hydrogen-bond acceptors (Lipinski definition) is 27. The summed E-state index contributed by atoms with van der Waals surface area (Å²) in [7, 11) is 0. The van der Waals surface area contributed by atoms with E-state index < -0.39 is 125 Å². The highest BCUT2D eigenvalue weighted by Crippen LogP contribution is 2.33. The molecule has 2 saturated heterocycles. The monoisotopic (exact) mass is 1710 g/mol. The van der Waals surface area contributed by atoms with Crippen LogP contribution in [0, 0.1) is 10.8 Å². The predicted molar refractivity (Wildman–Crippen MR) is 457 cm³/mol. The molecule has 5 aromatic rings. The molecule has 16 atom stereocenters. The Morgan fingerprint density at radius 3 is 1.64 bits per heavy atom. The number of halogens is 1. The number of carboxylic acid groups (broad SMARTS) is 1. The molecular weight excluding hydrogens is 1580 g/mol. The Labute approximate surface area is 716 Å². The second kappa shape index (κ2) is 46.4. The van der Waals surface area contributed by atoms with E-state index in [0.29, 0.717) is 81.7 Å². The number of aliphatic hydroxyl groups excluding tert-OH is 5. The van der Waals surface area contributed by atoms with Crippen LogP contribution in [0.25, 0.3) is 0 Å². The van der Waals surface area contributed by atoms with Crippen LogP contribution < -0.4 is 63.5 Å². The van der Waals surface area contributed by atoms with Crippen molar-refractivity contribution in [2.45, 2.75) is 271 Å². The van der Waals surface area contributed by atoms with Crippen LogP contribution in [0.3, 0.4) is 0 Å². The molecule has 8 unspecified atom stereocenters. The molecule has 0 radical (unpaired) electrons. The van der Waals surface area contributed by atoms with Gasteiger partial charge in [0.1, 0.15) is 66.6 Å². The van der Waals surface area contributed by atoms with E-state index in [4.69, 9.17) is 24.7 Å². The number of aromatic nitrogens is 4. The summed E-state index contributed by atoms with van der Waals surface area (Å²) in [6, 6.07) is 27.2. The van der Waals surface area contributed by atoms with Gasteiger partial charge in [-0.05, 0) is 129 Å². The van der Waals surface area contributed by atoms with Crippen LogP contribution in [0.5, 0.6) is 11.5 Å². The molecule has 1 aromatic heterocycles. The largest absolute Gasteiger partial charge is 0.493 e. The average molecular weight is 1710 g/mol. The fourth-order valence-electron chi connectivity index (χ4n) is 14.5. The summed E-state index contributed by atoms with van der Waals surface area (Å²) in [6.45, 7) is 28.5. The Morgan fingerprint density at radius 1 is 0.620 bits per heavy atom. The van der Waals surface area contributed by atoms with Crippen LogP contribution in [0.1, 0.15) is 196 Å². The summed E-state index contributed by atoms with van der Waals surface area (Å²) in [5.74, 6) is -1.01. The van der Waals surface area contributed by atoms with Gasteiger partial charge < -0.3 is 86.8 Å². The van der Waals surface area contributed by atoms with E-state index in [-0.39, 0.29) is 101 Å². The van der Waals surface area contributed by atoms with E-state index in [1.807, 2.05) is 211 Å². The Kier molecular flexibility index (Phi) is 38.6. The van der Waals surface area contributed by atoms with Gasteiger partial charge in [0.25, 0.3) is 0 Å². The van der Waals surface area contributed by atoms with Gasteiger partial charge in [0.2, 0.25) is 35.4 Å². The minimum Gasteiger partial charge on any atom is -0.493 e. The fraction of sp³-hybridized carbons (Fsp3) is 0.612. The first-order valence-electron chi connectivity index (χ1n) is 41.1. The lowest BCUT2D eigenvalue weighted by Gasteiger charge is -2.41. The molecule has 6 amide bonds. The quantitative estimate of drug-likeness (QED) is 0.0413. The number of nitrogens with one attached hydrogen (secondary N) is 9. The van der Waals surface area contributed by atoms with E-state index in [2.05, 4.69) is 68.9 Å². The van der Waals surface area contributed by atoms with E-state index in [1.54, 1.807) is 9.58 Å². The molecule has 0 saturated carbocycles. The van der Waals surface area contributed by atoms with E-state index >= 15 is 0 Å². The molecule has 5 aliphatic rings. The maximum Gasteiger partial charge on any atom is 0.326 e. The van der Waals surface area contributed by atoms with Crippen molar-refractivity contribution in [3.05, 3.63) is 137 Å². The molecule has 4 aromatic carbocycles. The topological polar surface area (TPSA) is 478 Å². The zero-order valence-electron chi connectivity index (χ0n) is 71.5. The fourth-order valence-corrected chi connectivity index (χ4v) is 14.5. The van der Waals surface area contributed by atoms with Gasteiger partial charge >= 0.3 is 5.97 Å². The van der Waals surface area contributed by atoms with Crippen molar-refractivity contribution < 1.29 is 83.1 Å². The molecule has 35 nitrogen and oxygen atoms in total. The predicted octanol–water partition coefficient (Wildman–Crippen LogP) is 3.87. The van der Waals surface area contributed by atoms with Gasteiger partial charge in [-0.25, -0.2) is 15.0 Å². The van der Waals surface area contributed by atoms with Gasteiger partial charge in [-0.3, -0.25) is 49.3 Å². The van der Waals surface area contributed by atoms with Crippen LogP contribution in [0.4, 0.5) is 0 Å². The van der Waals surface area contributed by atoms with E-state index in [0.717, 1.165) is 28.7 Å². The molecule has 672 valence electrons. The van der Waals surface area contributed by atoms with Gasteiger partial charge in [0, 0.05) is 38.4 Å². The maximum atomic E-state index is 14.2. The third-order valence-corrected chi connectivity index (χ3v) is 20.8. The highest BCUT2D eigenvalue weighted by atomic mass is 35.5. The van der Waals surface area contributed by atoms with Gasteiger partial charge in [0.05, 0.1) is 93.8 Å². The van der Waals surface area contributed by atoms with Crippen LogP contribution >= 0.6 is 12.4 Å². The SMILES string of the molecule is C.CC(C)(C)[C@@H]1NC(=O)Cc2cccc(c2)OCCCO[C@@H]2C[C@@H](C(=O)O)N(C2)C1=O.CCCC(N)C(O)[C@H](O)NCC(=O)NC(c1ccccc1)c1nnnn1C(C)(C)C.CCCC(NC(=O)[C@@H]1C[C@@H]2CN1C(O)[C@H](C(C)(C)C)NC(=O)Cc1cccc(c1)OCCCO2)C(O)[C@H](O)NCC(=O)NC(C1=NNNN1C(C)(C)C)c1ccccc1.Cl. The number of rotatable bonds is 23. The smallest absolute Gasteiger partial charge is 0.326 e. The molecule has 17 N–H and O–H groups in total. The number of nitrogens with two attached hydrogens (primary N) is 1. The summed E-state index contributed by atoms with van der Waals surface area (Å²) in [4.78, 5) is 94.5. The molecule has 121 heavy (non-hydrogen) atoms. The number of aliphatic hydroxyl groups is 5. The summed E-state index contributed by atoms with van der Waals surface area (Å²) >= 11 is 0. The molecule has 0 aliphatic carbocycles. The number of carbonyl (C=O) groups is 7. The number of fused-ring (bicyclic) bond motifs is 8. The van der Waals surface area contributed by atoms with Gasteiger partial charge in [0.15, 0.2) is 11.7 Å². The minimum atomic E-state index is -1.59. The molecule has 10 rings (SSSR count). The normalized spacial score (nSPS) is 22.6. The lowest BCUT2D eigenvalue weighted by Crippen LogP contribution is -2.62. The number of nitrogens with zero attached hydrogens (tertiary/aromatic N) is 8. The lowest BCUT2D eigenvalue weighted by molar-refractivity contribution is -0.150. The van der Waals surface area contributed by atoms with Crippen molar-refractivity contribution in [1.29, 1.82) is 0 Å². The molecule has 2 fully saturated rings.